The summed E-state index contributed by atoms with van der Waals surface area (Å²) in [5, 5.41) is 11.4. The summed E-state index contributed by atoms with van der Waals surface area (Å²) in [6.45, 7) is 6.28. The van der Waals surface area contributed by atoms with Gasteiger partial charge in [-0.1, -0.05) is 36.4 Å². The first kappa shape index (κ1) is 29.2. The Kier molecular flexibility index (Phi) is 9.41. The normalized spacial score (nSPS) is 18.7. The van der Waals surface area contributed by atoms with Crippen LogP contribution in [-0.2, 0) is 20.9 Å². The van der Waals surface area contributed by atoms with Crippen LogP contribution in [0.2, 0.25) is 0 Å². The fraction of sp³-hybridized carbons (Fsp3) is 0.333. The van der Waals surface area contributed by atoms with E-state index in [9.17, 15) is 14.7 Å². The molecule has 9 heteroatoms. The molecule has 220 valence electrons. The number of amides is 1. The van der Waals surface area contributed by atoms with Gasteiger partial charge in [0.05, 0.1) is 38.5 Å². The summed E-state index contributed by atoms with van der Waals surface area (Å²) < 4.78 is 22.7. The van der Waals surface area contributed by atoms with Gasteiger partial charge in [-0.25, -0.2) is 0 Å². The number of carbonyl (C=O) groups excluding carboxylic acids is 2. The zero-order valence-corrected chi connectivity index (χ0v) is 24.0. The van der Waals surface area contributed by atoms with Crippen molar-refractivity contribution in [2.45, 2.75) is 19.6 Å². The molecule has 0 aromatic heterocycles. The van der Waals surface area contributed by atoms with Crippen molar-refractivity contribution in [2.75, 3.05) is 53.1 Å². The van der Waals surface area contributed by atoms with Crippen LogP contribution in [0.4, 0.5) is 0 Å². The van der Waals surface area contributed by atoms with Crippen molar-refractivity contribution in [1.82, 2.24) is 9.80 Å². The molecule has 0 aliphatic carbocycles. The molecule has 1 N–H and O–H groups in total. The highest BCUT2D eigenvalue weighted by atomic mass is 16.5. The summed E-state index contributed by atoms with van der Waals surface area (Å²) in [6.07, 6.45) is 0. The number of Topliss-reactive ketones (excluding diaryl/α,β-unsaturated/α-hetero) is 1. The molecule has 0 saturated carbocycles. The first-order chi connectivity index (χ1) is 20.5. The molecule has 1 amide bonds. The monoisotopic (exact) mass is 572 g/mol. The standard InChI is InChI=1S/C33H36N2O7/c1-3-41-28-21-25(11-14-27(28)42-22-23-7-5-4-6-8-23)30-29(31(36)24-9-12-26(39-2)13-10-24)32(37)33(38)35(30)16-15-34-17-19-40-20-18-34/h4-14,21,30,36H,3,15-20,22H2,1-2H3. The van der Waals surface area contributed by atoms with Gasteiger partial charge in [-0.2, -0.15) is 0 Å². The lowest BCUT2D eigenvalue weighted by Gasteiger charge is -2.31. The van der Waals surface area contributed by atoms with Crippen molar-refractivity contribution in [3.63, 3.8) is 0 Å². The molecule has 5 rings (SSSR count). The third-order valence-electron chi connectivity index (χ3n) is 7.48. The van der Waals surface area contributed by atoms with Crippen molar-refractivity contribution in [3.05, 3.63) is 95.1 Å². The number of nitrogens with zero attached hydrogens (tertiary/aromatic N) is 2. The average Bonchev–Trinajstić information content (AvgIpc) is 3.29. The van der Waals surface area contributed by atoms with E-state index in [1.807, 2.05) is 43.3 Å². The number of ether oxygens (including phenoxy) is 4. The number of hydrogen-bond donors (Lipinski definition) is 1. The van der Waals surface area contributed by atoms with E-state index in [1.54, 1.807) is 48.4 Å². The van der Waals surface area contributed by atoms with E-state index < -0.39 is 17.7 Å². The Morgan fingerprint density at radius 2 is 1.67 bits per heavy atom. The molecule has 0 radical (unpaired) electrons. The van der Waals surface area contributed by atoms with E-state index in [0.29, 0.717) is 67.9 Å². The fourth-order valence-electron chi connectivity index (χ4n) is 5.25. The second-order valence-electron chi connectivity index (χ2n) is 10.1. The fourth-order valence-corrected chi connectivity index (χ4v) is 5.25. The van der Waals surface area contributed by atoms with Gasteiger partial charge in [-0.3, -0.25) is 14.5 Å². The number of morpholine rings is 1. The SMILES string of the molecule is CCOc1cc(C2C(=C(O)c3ccc(OC)cc3)C(=O)C(=O)N2CCN2CCOCC2)ccc1OCc1ccccc1. The summed E-state index contributed by atoms with van der Waals surface area (Å²) in [5.41, 5.74) is 2.11. The summed E-state index contributed by atoms with van der Waals surface area (Å²) in [6, 6.07) is 21.1. The first-order valence-electron chi connectivity index (χ1n) is 14.2. The molecule has 0 bridgehead atoms. The van der Waals surface area contributed by atoms with E-state index in [0.717, 1.165) is 18.7 Å². The Labute approximate surface area is 245 Å². The van der Waals surface area contributed by atoms with Crippen molar-refractivity contribution in [3.8, 4) is 17.2 Å². The van der Waals surface area contributed by atoms with Crippen LogP contribution in [0.15, 0.2) is 78.4 Å². The number of hydrogen-bond acceptors (Lipinski definition) is 8. The molecule has 2 aliphatic rings. The number of methoxy groups -OCH3 is 1. The van der Waals surface area contributed by atoms with Gasteiger partial charge in [0.15, 0.2) is 11.5 Å². The van der Waals surface area contributed by atoms with Crippen LogP contribution in [-0.4, -0.2) is 79.7 Å². The molecule has 2 aliphatic heterocycles. The van der Waals surface area contributed by atoms with Crippen LogP contribution < -0.4 is 14.2 Å². The lowest BCUT2D eigenvalue weighted by atomic mass is 9.95. The predicted molar refractivity (Wildman–Crippen MR) is 158 cm³/mol. The van der Waals surface area contributed by atoms with Crippen molar-refractivity contribution in [1.29, 1.82) is 0 Å². The summed E-state index contributed by atoms with van der Waals surface area (Å²) in [5.74, 6) is 0.0427. The molecule has 2 fully saturated rings. The second kappa shape index (κ2) is 13.5. The van der Waals surface area contributed by atoms with Crippen LogP contribution >= 0.6 is 0 Å². The van der Waals surface area contributed by atoms with Crippen molar-refractivity contribution < 1.29 is 33.6 Å². The maximum absolute atomic E-state index is 13.5. The number of aliphatic hydroxyl groups is 1. The van der Waals surface area contributed by atoms with E-state index in [-0.39, 0.29) is 11.3 Å². The number of likely N-dealkylation sites (tertiary alicyclic amines) is 1. The number of carbonyl (C=O) groups is 2. The molecule has 0 spiro atoms. The van der Waals surface area contributed by atoms with Gasteiger partial charge >= 0.3 is 0 Å². The maximum Gasteiger partial charge on any atom is 0.295 e. The van der Waals surface area contributed by atoms with Gasteiger partial charge in [0.25, 0.3) is 11.7 Å². The van der Waals surface area contributed by atoms with Gasteiger partial charge in [-0.15, -0.1) is 0 Å². The highest BCUT2D eigenvalue weighted by Crippen LogP contribution is 2.42. The molecule has 2 saturated heterocycles. The van der Waals surface area contributed by atoms with Gasteiger partial charge < -0.3 is 29.0 Å². The Morgan fingerprint density at radius 1 is 0.929 bits per heavy atom. The molecule has 42 heavy (non-hydrogen) atoms. The Bertz CT molecular complexity index is 1420. The lowest BCUT2D eigenvalue weighted by Crippen LogP contribution is -2.42. The molecular weight excluding hydrogens is 536 g/mol. The third kappa shape index (κ3) is 6.42. The minimum atomic E-state index is -0.810. The largest absolute Gasteiger partial charge is 0.507 e. The highest BCUT2D eigenvalue weighted by Gasteiger charge is 2.46. The quantitative estimate of drug-likeness (QED) is 0.205. The average molecular weight is 573 g/mol. The molecule has 2 heterocycles. The van der Waals surface area contributed by atoms with Crippen molar-refractivity contribution >= 4 is 17.4 Å². The molecule has 1 atom stereocenters. The van der Waals surface area contributed by atoms with E-state index in [1.165, 1.54) is 0 Å². The number of aliphatic hydroxyl groups excluding tert-OH is 1. The molecule has 3 aromatic carbocycles. The van der Waals surface area contributed by atoms with E-state index in [2.05, 4.69) is 4.90 Å². The second-order valence-corrected chi connectivity index (χ2v) is 10.1. The number of benzene rings is 3. The Morgan fingerprint density at radius 3 is 2.36 bits per heavy atom. The first-order valence-corrected chi connectivity index (χ1v) is 14.2. The van der Waals surface area contributed by atoms with Crippen LogP contribution in [0, 0.1) is 0 Å². The lowest BCUT2D eigenvalue weighted by molar-refractivity contribution is -0.140. The number of rotatable bonds is 11. The molecule has 3 aromatic rings. The van der Waals surface area contributed by atoms with Crippen LogP contribution in [0.1, 0.15) is 29.7 Å². The molecular formula is C33H36N2O7. The topological polar surface area (TPSA) is 97.8 Å². The van der Waals surface area contributed by atoms with Gasteiger partial charge in [0, 0.05) is 31.7 Å². The zero-order valence-electron chi connectivity index (χ0n) is 24.0. The van der Waals surface area contributed by atoms with Crippen LogP contribution in [0.3, 0.4) is 0 Å². The van der Waals surface area contributed by atoms with E-state index >= 15 is 0 Å². The van der Waals surface area contributed by atoms with Crippen molar-refractivity contribution in [2.24, 2.45) is 0 Å². The molecule has 9 nitrogen and oxygen atoms in total. The summed E-state index contributed by atoms with van der Waals surface area (Å²) >= 11 is 0. The minimum Gasteiger partial charge on any atom is -0.507 e. The van der Waals surface area contributed by atoms with Gasteiger partial charge in [0.1, 0.15) is 18.1 Å². The maximum atomic E-state index is 13.5. The smallest absolute Gasteiger partial charge is 0.295 e. The zero-order chi connectivity index (χ0) is 29.5. The van der Waals surface area contributed by atoms with Gasteiger partial charge in [0.2, 0.25) is 0 Å². The number of ketones is 1. The molecule has 1 unspecified atom stereocenters. The summed E-state index contributed by atoms with van der Waals surface area (Å²) in [7, 11) is 1.55. The minimum absolute atomic E-state index is 0.0348. The summed E-state index contributed by atoms with van der Waals surface area (Å²) in [4.78, 5) is 30.7. The van der Waals surface area contributed by atoms with Crippen LogP contribution in [0.5, 0.6) is 17.2 Å². The highest BCUT2D eigenvalue weighted by molar-refractivity contribution is 6.46. The predicted octanol–water partition coefficient (Wildman–Crippen LogP) is 4.43. The van der Waals surface area contributed by atoms with E-state index in [4.69, 9.17) is 18.9 Å². The van der Waals surface area contributed by atoms with Crippen LogP contribution in [0.25, 0.3) is 5.76 Å². The Balaban J connectivity index is 1.52. The Hall–Kier alpha value is -4.34. The third-order valence-corrected chi connectivity index (χ3v) is 7.48. The van der Waals surface area contributed by atoms with Gasteiger partial charge in [-0.05, 0) is 54.4 Å².